The van der Waals surface area contributed by atoms with Crippen LogP contribution in [-0.4, -0.2) is 25.4 Å². The third-order valence-electron chi connectivity index (χ3n) is 4.24. The van der Waals surface area contributed by atoms with E-state index in [-0.39, 0.29) is 18.3 Å². The minimum atomic E-state index is -0.332. The summed E-state index contributed by atoms with van der Waals surface area (Å²) in [4.78, 5) is 0. The highest BCUT2D eigenvalue weighted by molar-refractivity contribution is 14.2. The maximum Gasteiger partial charge on any atom is 0.495 e. The molecule has 0 N–H and O–H groups in total. The molecule has 1 aromatic rings. The molecule has 0 aliphatic carbocycles. The highest BCUT2D eigenvalue weighted by atomic mass is 127. The monoisotopic (exact) mass is 406 g/mol. The summed E-state index contributed by atoms with van der Waals surface area (Å²) in [6, 6.07) is 4.26. The van der Waals surface area contributed by atoms with Crippen molar-refractivity contribution in [3.63, 3.8) is 0 Å². The van der Waals surface area contributed by atoms with Crippen LogP contribution in [0, 0.1) is 6.92 Å². The van der Waals surface area contributed by atoms with E-state index in [1.54, 1.807) is 7.11 Å². The Morgan fingerprint density at radius 3 is 2.15 bits per heavy atom. The highest BCUT2D eigenvalue weighted by Crippen LogP contribution is 2.37. The molecular weight excluding hydrogens is 385 g/mol. The summed E-state index contributed by atoms with van der Waals surface area (Å²) in [5.74, 6) is 0.899. The second kappa shape index (κ2) is 5.75. The molecular formula is C14H21BIO3P. The molecule has 1 heterocycles. The molecule has 0 bridgehead atoms. The standard InChI is InChI=1S/C14H21BIO3P/c1-9-11(7-10(20-16)8-12(9)17-6)15-18-13(2,3)14(4,5)19-15/h7-8,20H,1-6H3. The lowest BCUT2D eigenvalue weighted by atomic mass is 9.76. The fourth-order valence-electron chi connectivity index (χ4n) is 2.19. The Balaban J connectivity index is 2.44. The molecule has 0 radical (unpaired) electrons. The lowest BCUT2D eigenvalue weighted by Crippen LogP contribution is -2.41. The smallest absolute Gasteiger partial charge is 0.495 e. The quantitative estimate of drug-likeness (QED) is 0.439. The summed E-state index contributed by atoms with van der Waals surface area (Å²) in [7, 11) is 1.37. The maximum atomic E-state index is 6.15. The zero-order valence-corrected chi connectivity index (χ0v) is 16.0. The second-order valence-corrected chi connectivity index (χ2v) is 8.46. The SMILES string of the molecule is COc1cc(PI)cc(B2OC(C)(C)C(C)(C)O2)c1C. The molecule has 3 nitrogen and oxygen atoms in total. The molecule has 1 aromatic carbocycles. The van der Waals surface area contributed by atoms with E-state index in [1.165, 1.54) is 5.30 Å². The van der Waals surface area contributed by atoms with E-state index in [9.17, 15) is 0 Å². The molecule has 1 unspecified atom stereocenters. The van der Waals surface area contributed by atoms with E-state index in [0.29, 0.717) is 6.22 Å². The Morgan fingerprint density at radius 1 is 1.15 bits per heavy atom. The van der Waals surface area contributed by atoms with Crippen LogP contribution in [0.4, 0.5) is 0 Å². The van der Waals surface area contributed by atoms with Crippen molar-refractivity contribution in [2.24, 2.45) is 0 Å². The molecule has 0 amide bonds. The average molecular weight is 406 g/mol. The molecule has 1 saturated heterocycles. The van der Waals surface area contributed by atoms with E-state index < -0.39 is 0 Å². The van der Waals surface area contributed by atoms with Crippen LogP contribution in [-0.2, 0) is 9.31 Å². The molecule has 1 aliphatic rings. The predicted octanol–water partition coefficient (Wildman–Crippen LogP) is 2.96. The van der Waals surface area contributed by atoms with Crippen LogP contribution in [0.2, 0.25) is 0 Å². The summed E-state index contributed by atoms with van der Waals surface area (Å²) in [5.41, 5.74) is 1.52. The van der Waals surface area contributed by atoms with Gasteiger partial charge in [-0.3, -0.25) is 0 Å². The van der Waals surface area contributed by atoms with Crippen molar-refractivity contribution in [1.29, 1.82) is 0 Å². The zero-order valence-electron chi connectivity index (χ0n) is 12.8. The van der Waals surface area contributed by atoms with Crippen molar-refractivity contribution in [3.05, 3.63) is 17.7 Å². The first-order chi connectivity index (χ1) is 9.21. The topological polar surface area (TPSA) is 27.7 Å². The van der Waals surface area contributed by atoms with E-state index in [4.69, 9.17) is 14.0 Å². The molecule has 2 rings (SSSR count). The summed E-state index contributed by atoms with van der Waals surface area (Å²) < 4.78 is 17.8. The summed E-state index contributed by atoms with van der Waals surface area (Å²) in [6.07, 6.45) is 0.689. The molecule has 20 heavy (non-hydrogen) atoms. The van der Waals surface area contributed by atoms with Crippen molar-refractivity contribution in [2.75, 3.05) is 7.11 Å². The minimum absolute atomic E-state index is 0.319. The largest absolute Gasteiger partial charge is 0.496 e. The highest BCUT2D eigenvalue weighted by Gasteiger charge is 2.52. The number of rotatable bonds is 3. The summed E-state index contributed by atoms with van der Waals surface area (Å²) in [6.45, 7) is 10.3. The number of hydrogen-bond donors (Lipinski definition) is 0. The van der Waals surface area contributed by atoms with Gasteiger partial charge in [0.25, 0.3) is 0 Å². The lowest BCUT2D eigenvalue weighted by Gasteiger charge is -2.32. The first-order valence-corrected chi connectivity index (χ1v) is 10.7. The third-order valence-corrected chi connectivity index (χ3v) is 6.61. The van der Waals surface area contributed by atoms with Crippen LogP contribution in [0.5, 0.6) is 5.75 Å². The number of hydrogen-bond acceptors (Lipinski definition) is 3. The van der Waals surface area contributed by atoms with Gasteiger partial charge in [0.05, 0.1) is 18.3 Å². The van der Waals surface area contributed by atoms with Gasteiger partial charge in [0, 0.05) is 0 Å². The van der Waals surface area contributed by atoms with Gasteiger partial charge in [-0.25, -0.2) is 0 Å². The first-order valence-electron chi connectivity index (χ1n) is 6.62. The van der Waals surface area contributed by atoms with Gasteiger partial charge >= 0.3 is 7.12 Å². The van der Waals surface area contributed by atoms with Gasteiger partial charge in [-0.15, -0.1) is 0 Å². The Labute approximate surface area is 136 Å². The molecule has 6 heteroatoms. The van der Waals surface area contributed by atoms with Gasteiger partial charge in [-0.2, -0.15) is 0 Å². The van der Waals surface area contributed by atoms with Gasteiger partial charge in [0.1, 0.15) is 5.75 Å². The number of ether oxygens (including phenoxy) is 1. The van der Waals surface area contributed by atoms with E-state index in [1.807, 2.05) is 0 Å². The molecule has 0 spiro atoms. The average Bonchev–Trinajstić information content (AvgIpc) is 2.58. The minimum Gasteiger partial charge on any atom is -0.496 e. The summed E-state index contributed by atoms with van der Waals surface area (Å²) in [5, 5.41) is 1.25. The van der Waals surface area contributed by atoms with Gasteiger partial charge < -0.3 is 14.0 Å². The van der Waals surface area contributed by atoms with Gasteiger partial charge in [-0.1, -0.05) is 28.1 Å². The predicted molar refractivity (Wildman–Crippen MR) is 95.4 cm³/mol. The third kappa shape index (κ3) is 2.87. The zero-order chi connectivity index (χ0) is 15.1. The maximum absolute atomic E-state index is 6.15. The Kier molecular flexibility index (Phi) is 4.75. The lowest BCUT2D eigenvalue weighted by molar-refractivity contribution is 0.00578. The van der Waals surface area contributed by atoms with Crippen LogP contribution >= 0.6 is 28.3 Å². The van der Waals surface area contributed by atoms with Crippen LogP contribution in [0.1, 0.15) is 33.3 Å². The van der Waals surface area contributed by atoms with E-state index >= 15 is 0 Å². The van der Waals surface area contributed by atoms with Gasteiger partial charge in [0.15, 0.2) is 0 Å². The molecule has 1 aliphatic heterocycles. The normalized spacial score (nSPS) is 20.9. The second-order valence-electron chi connectivity index (χ2n) is 6.08. The Bertz CT molecular complexity index is 503. The fraction of sp³-hybridized carbons (Fsp3) is 0.571. The van der Waals surface area contributed by atoms with Gasteiger partial charge in [0.2, 0.25) is 0 Å². The molecule has 1 atom stereocenters. The van der Waals surface area contributed by atoms with Crippen molar-refractivity contribution in [3.8, 4) is 5.75 Å². The van der Waals surface area contributed by atoms with Gasteiger partial charge in [-0.05, 0) is 63.2 Å². The van der Waals surface area contributed by atoms with Crippen LogP contribution < -0.4 is 15.5 Å². The van der Waals surface area contributed by atoms with Crippen molar-refractivity contribution < 1.29 is 14.0 Å². The Hall–Kier alpha value is 0.165. The number of halogens is 1. The summed E-state index contributed by atoms with van der Waals surface area (Å²) >= 11 is 2.38. The molecule has 0 aromatic heterocycles. The van der Waals surface area contributed by atoms with E-state index in [2.05, 4.69) is 68.8 Å². The van der Waals surface area contributed by atoms with Crippen LogP contribution in [0.15, 0.2) is 12.1 Å². The number of benzene rings is 1. The molecule has 110 valence electrons. The van der Waals surface area contributed by atoms with Crippen molar-refractivity contribution in [1.82, 2.24) is 0 Å². The fourth-order valence-corrected chi connectivity index (χ4v) is 3.52. The van der Waals surface area contributed by atoms with Crippen molar-refractivity contribution >= 4 is 46.1 Å². The molecule has 0 saturated carbocycles. The van der Waals surface area contributed by atoms with E-state index in [0.717, 1.165) is 16.8 Å². The van der Waals surface area contributed by atoms with Crippen LogP contribution in [0.25, 0.3) is 0 Å². The van der Waals surface area contributed by atoms with Crippen LogP contribution in [0.3, 0.4) is 0 Å². The first kappa shape index (κ1) is 16.5. The Morgan fingerprint density at radius 2 is 1.70 bits per heavy atom. The number of methoxy groups -OCH3 is 1. The van der Waals surface area contributed by atoms with Crippen molar-refractivity contribution in [2.45, 2.75) is 45.8 Å². The molecule has 1 fully saturated rings.